The van der Waals surface area contributed by atoms with Crippen molar-refractivity contribution in [3.8, 4) is 0 Å². The highest BCUT2D eigenvalue weighted by molar-refractivity contribution is 5.95. The summed E-state index contributed by atoms with van der Waals surface area (Å²) in [4.78, 5) is 25.1. The average molecular weight is 277 g/mol. The third-order valence-corrected chi connectivity index (χ3v) is 3.15. The smallest absolute Gasteiger partial charge is 0.321 e. The molecule has 0 aromatic carbocycles. The molecule has 2 fully saturated rings. The van der Waals surface area contributed by atoms with Gasteiger partial charge < -0.3 is 10.6 Å². The molecule has 0 aromatic rings. The van der Waals surface area contributed by atoms with Gasteiger partial charge in [-0.25, -0.2) is 4.79 Å². The van der Waals surface area contributed by atoms with Crippen LogP contribution in [0.1, 0.15) is 19.8 Å². The van der Waals surface area contributed by atoms with Crippen molar-refractivity contribution in [3.63, 3.8) is 0 Å². The summed E-state index contributed by atoms with van der Waals surface area (Å²) < 4.78 is 0. The largest absolute Gasteiger partial charge is 0.335 e. The van der Waals surface area contributed by atoms with Crippen LogP contribution in [0.25, 0.3) is 0 Å². The standard InChI is InChI=1S/C11H20N4O2.ClH/c1-8-6-12-4-5-15(8)7-10(16)14-11(17)13-9-2-3-9;/h8-9,12H,2-7H2,1H3,(H2,13,14,16,17);1H. The molecule has 0 aromatic heterocycles. The fraction of sp³-hybridized carbons (Fsp3) is 0.818. The quantitative estimate of drug-likeness (QED) is 0.661. The molecule has 2 aliphatic rings. The van der Waals surface area contributed by atoms with Gasteiger partial charge in [-0.3, -0.25) is 15.0 Å². The van der Waals surface area contributed by atoms with Gasteiger partial charge in [0, 0.05) is 31.7 Å². The van der Waals surface area contributed by atoms with Crippen molar-refractivity contribution in [1.82, 2.24) is 20.9 Å². The number of nitrogens with zero attached hydrogens (tertiary/aromatic N) is 1. The molecule has 0 radical (unpaired) electrons. The van der Waals surface area contributed by atoms with Crippen molar-refractivity contribution in [2.24, 2.45) is 0 Å². The van der Waals surface area contributed by atoms with E-state index in [9.17, 15) is 9.59 Å². The predicted octanol–water partition coefficient (Wildman–Crippen LogP) is -0.310. The number of nitrogens with one attached hydrogen (secondary N) is 3. The Labute approximate surface area is 113 Å². The lowest BCUT2D eigenvalue weighted by atomic mass is 10.2. The second-order valence-corrected chi connectivity index (χ2v) is 4.82. The maximum absolute atomic E-state index is 11.6. The Balaban J connectivity index is 0.00000162. The molecule has 3 N–H and O–H groups in total. The summed E-state index contributed by atoms with van der Waals surface area (Å²) >= 11 is 0. The van der Waals surface area contributed by atoms with E-state index in [2.05, 4.69) is 27.8 Å². The first-order chi connectivity index (χ1) is 8.15. The van der Waals surface area contributed by atoms with E-state index in [-0.39, 0.29) is 30.4 Å². The molecule has 1 heterocycles. The maximum Gasteiger partial charge on any atom is 0.321 e. The Morgan fingerprint density at radius 1 is 1.39 bits per heavy atom. The third kappa shape index (κ3) is 4.80. The first kappa shape index (κ1) is 15.2. The Kier molecular flexibility index (Phi) is 5.84. The molecule has 1 atom stereocenters. The van der Waals surface area contributed by atoms with Crippen molar-refractivity contribution < 1.29 is 9.59 Å². The number of amides is 3. The highest BCUT2D eigenvalue weighted by atomic mass is 35.5. The van der Waals surface area contributed by atoms with Gasteiger partial charge in [-0.15, -0.1) is 12.4 Å². The van der Waals surface area contributed by atoms with Crippen LogP contribution in [0.3, 0.4) is 0 Å². The van der Waals surface area contributed by atoms with Crippen LogP contribution < -0.4 is 16.0 Å². The zero-order valence-corrected chi connectivity index (χ0v) is 11.4. The second kappa shape index (κ2) is 6.92. The maximum atomic E-state index is 11.6. The molecule has 0 spiro atoms. The Morgan fingerprint density at radius 3 is 2.72 bits per heavy atom. The fourth-order valence-electron chi connectivity index (χ4n) is 1.92. The van der Waals surface area contributed by atoms with E-state index in [1.807, 2.05) is 0 Å². The Morgan fingerprint density at radius 2 is 2.11 bits per heavy atom. The summed E-state index contributed by atoms with van der Waals surface area (Å²) in [5, 5.41) is 8.36. The molecule has 18 heavy (non-hydrogen) atoms. The van der Waals surface area contributed by atoms with E-state index in [0.717, 1.165) is 32.5 Å². The number of halogens is 1. The van der Waals surface area contributed by atoms with E-state index in [1.54, 1.807) is 0 Å². The number of imide groups is 1. The number of piperazine rings is 1. The van der Waals surface area contributed by atoms with Crippen LogP contribution in [0, 0.1) is 0 Å². The van der Waals surface area contributed by atoms with Gasteiger partial charge in [-0.2, -0.15) is 0 Å². The zero-order chi connectivity index (χ0) is 12.3. The number of hydrogen-bond donors (Lipinski definition) is 3. The Bertz CT molecular complexity index is 309. The lowest BCUT2D eigenvalue weighted by Gasteiger charge is -2.33. The number of carbonyl (C=O) groups excluding carboxylic acids is 2. The molecule has 0 bridgehead atoms. The van der Waals surface area contributed by atoms with E-state index in [1.165, 1.54) is 0 Å². The van der Waals surface area contributed by atoms with Gasteiger partial charge >= 0.3 is 6.03 Å². The molecule has 7 heteroatoms. The topological polar surface area (TPSA) is 73.5 Å². The van der Waals surface area contributed by atoms with E-state index in [0.29, 0.717) is 12.6 Å². The summed E-state index contributed by atoms with van der Waals surface area (Å²) in [6.07, 6.45) is 2.05. The monoisotopic (exact) mass is 276 g/mol. The minimum atomic E-state index is -0.361. The molecule has 1 saturated heterocycles. The van der Waals surface area contributed by atoms with Crippen LogP contribution in [0.2, 0.25) is 0 Å². The van der Waals surface area contributed by atoms with E-state index in [4.69, 9.17) is 0 Å². The molecule has 2 rings (SSSR count). The van der Waals surface area contributed by atoms with Gasteiger partial charge in [0.25, 0.3) is 0 Å². The molecule has 3 amide bonds. The number of rotatable bonds is 3. The molecule has 6 nitrogen and oxygen atoms in total. The molecule has 104 valence electrons. The lowest BCUT2D eigenvalue weighted by molar-refractivity contribution is -0.121. The first-order valence-electron chi connectivity index (χ1n) is 6.20. The van der Waals surface area contributed by atoms with Crippen molar-refractivity contribution in [1.29, 1.82) is 0 Å². The summed E-state index contributed by atoms with van der Waals surface area (Å²) in [5.41, 5.74) is 0. The SMILES string of the molecule is CC1CNCCN1CC(=O)NC(=O)NC1CC1.Cl. The number of hydrogen-bond acceptors (Lipinski definition) is 4. The summed E-state index contributed by atoms with van der Waals surface area (Å²) in [5.74, 6) is -0.225. The van der Waals surface area contributed by atoms with Crippen molar-refractivity contribution in [2.75, 3.05) is 26.2 Å². The Hall–Kier alpha value is -0.850. The summed E-state index contributed by atoms with van der Waals surface area (Å²) in [7, 11) is 0. The predicted molar refractivity (Wildman–Crippen MR) is 70.8 cm³/mol. The van der Waals surface area contributed by atoms with Crippen LogP contribution in [0.5, 0.6) is 0 Å². The fourth-order valence-corrected chi connectivity index (χ4v) is 1.92. The van der Waals surface area contributed by atoms with Crippen LogP contribution in [-0.4, -0.2) is 55.1 Å². The van der Waals surface area contributed by atoms with Gasteiger partial charge in [-0.05, 0) is 19.8 Å². The van der Waals surface area contributed by atoms with Gasteiger partial charge in [0.15, 0.2) is 0 Å². The molecule has 1 aliphatic carbocycles. The van der Waals surface area contributed by atoms with Gasteiger partial charge in [-0.1, -0.05) is 0 Å². The minimum absolute atomic E-state index is 0. The zero-order valence-electron chi connectivity index (χ0n) is 10.6. The minimum Gasteiger partial charge on any atom is -0.335 e. The van der Waals surface area contributed by atoms with E-state index >= 15 is 0 Å². The van der Waals surface area contributed by atoms with Crippen molar-refractivity contribution in [2.45, 2.75) is 31.8 Å². The average Bonchev–Trinajstić information content (AvgIpc) is 3.05. The molecular formula is C11H21ClN4O2. The first-order valence-corrected chi connectivity index (χ1v) is 6.20. The van der Waals surface area contributed by atoms with Crippen LogP contribution >= 0.6 is 12.4 Å². The lowest BCUT2D eigenvalue weighted by Crippen LogP contribution is -2.54. The summed E-state index contributed by atoms with van der Waals surface area (Å²) in [6.45, 7) is 5.00. The van der Waals surface area contributed by atoms with Gasteiger partial charge in [0.2, 0.25) is 5.91 Å². The van der Waals surface area contributed by atoms with Gasteiger partial charge in [0.1, 0.15) is 0 Å². The van der Waals surface area contributed by atoms with Crippen molar-refractivity contribution in [3.05, 3.63) is 0 Å². The highest BCUT2D eigenvalue weighted by Crippen LogP contribution is 2.18. The second-order valence-electron chi connectivity index (χ2n) is 4.82. The van der Waals surface area contributed by atoms with Gasteiger partial charge in [0.05, 0.1) is 6.54 Å². The highest BCUT2D eigenvalue weighted by Gasteiger charge is 2.25. The molecule has 1 aliphatic heterocycles. The van der Waals surface area contributed by atoms with Crippen LogP contribution in [-0.2, 0) is 4.79 Å². The molecular weight excluding hydrogens is 256 g/mol. The molecule has 1 unspecified atom stereocenters. The number of carbonyl (C=O) groups is 2. The van der Waals surface area contributed by atoms with Crippen LogP contribution in [0.4, 0.5) is 4.79 Å². The third-order valence-electron chi connectivity index (χ3n) is 3.15. The number of urea groups is 1. The molecule has 1 saturated carbocycles. The van der Waals surface area contributed by atoms with Crippen molar-refractivity contribution >= 4 is 24.3 Å². The summed E-state index contributed by atoms with van der Waals surface area (Å²) in [6, 6.07) is 0.252. The normalized spacial score (nSPS) is 23.9. The van der Waals surface area contributed by atoms with E-state index < -0.39 is 0 Å². The van der Waals surface area contributed by atoms with Crippen LogP contribution in [0.15, 0.2) is 0 Å².